The van der Waals surface area contributed by atoms with Gasteiger partial charge in [-0.25, -0.2) is 4.39 Å². The number of ketones is 1. The number of aryl methyl sites for hydroxylation is 2. The molecule has 1 amide bonds. The highest BCUT2D eigenvalue weighted by molar-refractivity contribution is 6.46. The van der Waals surface area contributed by atoms with E-state index in [1.54, 1.807) is 48.5 Å². The van der Waals surface area contributed by atoms with Crippen molar-refractivity contribution < 1.29 is 28.6 Å². The van der Waals surface area contributed by atoms with Crippen LogP contribution in [0.2, 0.25) is 0 Å². The maximum atomic E-state index is 13.2. The predicted octanol–water partition coefficient (Wildman–Crippen LogP) is 5.09. The zero-order valence-electron chi connectivity index (χ0n) is 20.5. The van der Waals surface area contributed by atoms with Gasteiger partial charge >= 0.3 is 0 Å². The number of halogens is 1. The van der Waals surface area contributed by atoms with E-state index in [0.717, 1.165) is 16.7 Å². The largest absolute Gasteiger partial charge is 0.507 e. The Hall–Kier alpha value is -3.97. The lowest BCUT2D eigenvalue weighted by Crippen LogP contribution is -2.32. The summed E-state index contributed by atoms with van der Waals surface area (Å²) in [6, 6.07) is 17.7. The van der Waals surface area contributed by atoms with Crippen LogP contribution in [0.5, 0.6) is 5.75 Å². The second-order valence-corrected chi connectivity index (χ2v) is 8.77. The number of carbonyl (C=O) groups excluding carboxylic acids is 2. The first-order valence-corrected chi connectivity index (χ1v) is 11.6. The van der Waals surface area contributed by atoms with Gasteiger partial charge < -0.3 is 19.5 Å². The van der Waals surface area contributed by atoms with Gasteiger partial charge in [-0.2, -0.15) is 0 Å². The number of benzene rings is 3. The van der Waals surface area contributed by atoms with E-state index in [2.05, 4.69) is 0 Å². The van der Waals surface area contributed by atoms with E-state index >= 15 is 0 Å². The van der Waals surface area contributed by atoms with Crippen LogP contribution in [0.3, 0.4) is 0 Å². The average molecular weight is 490 g/mol. The third kappa shape index (κ3) is 5.16. The van der Waals surface area contributed by atoms with E-state index in [1.165, 1.54) is 24.1 Å². The zero-order valence-corrected chi connectivity index (χ0v) is 20.5. The van der Waals surface area contributed by atoms with Gasteiger partial charge in [0.1, 0.15) is 23.9 Å². The minimum absolute atomic E-state index is 0.0232. The molecule has 1 saturated heterocycles. The van der Waals surface area contributed by atoms with Gasteiger partial charge in [-0.15, -0.1) is 0 Å². The summed E-state index contributed by atoms with van der Waals surface area (Å²) < 4.78 is 24.3. The fourth-order valence-corrected chi connectivity index (χ4v) is 4.21. The van der Waals surface area contributed by atoms with Crippen molar-refractivity contribution in [1.29, 1.82) is 0 Å². The minimum Gasteiger partial charge on any atom is -0.507 e. The molecule has 1 atom stereocenters. The summed E-state index contributed by atoms with van der Waals surface area (Å²) in [4.78, 5) is 27.6. The van der Waals surface area contributed by atoms with Gasteiger partial charge in [-0.1, -0.05) is 36.4 Å². The fraction of sp³-hybridized carbons (Fsp3) is 0.241. The van der Waals surface area contributed by atoms with Crippen molar-refractivity contribution in [1.82, 2.24) is 4.90 Å². The van der Waals surface area contributed by atoms with Gasteiger partial charge in [-0.05, 0) is 66.4 Å². The number of Topliss-reactive ketones (excluding diaryl/α,β-unsaturated/α-hetero) is 1. The average Bonchev–Trinajstić information content (AvgIpc) is 3.13. The van der Waals surface area contributed by atoms with Gasteiger partial charge in [-0.3, -0.25) is 9.59 Å². The fourth-order valence-electron chi connectivity index (χ4n) is 4.21. The van der Waals surface area contributed by atoms with E-state index in [4.69, 9.17) is 9.47 Å². The monoisotopic (exact) mass is 489 g/mol. The second kappa shape index (κ2) is 10.7. The number of ether oxygens (including phenoxy) is 2. The molecule has 1 fully saturated rings. The van der Waals surface area contributed by atoms with E-state index < -0.39 is 17.7 Å². The first-order chi connectivity index (χ1) is 17.3. The molecular formula is C29H28FNO5. The van der Waals surface area contributed by atoms with Crippen molar-refractivity contribution in [3.05, 3.63) is 106 Å². The maximum Gasteiger partial charge on any atom is 0.295 e. The van der Waals surface area contributed by atoms with E-state index in [-0.39, 0.29) is 36.9 Å². The number of methoxy groups -OCH3 is 1. The molecule has 6 nitrogen and oxygen atoms in total. The van der Waals surface area contributed by atoms with E-state index in [1.807, 2.05) is 19.9 Å². The lowest BCUT2D eigenvalue weighted by atomic mass is 9.94. The lowest BCUT2D eigenvalue weighted by molar-refractivity contribution is -0.140. The number of rotatable bonds is 8. The first-order valence-electron chi connectivity index (χ1n) is 11.6. The third-order valence-electron chi connectivity index (χ3n) is 6.35. The highest BCUT2D eigenvalue weighted by Crippen LogP contribution is 2.40. The maximum absolute atomic E-state index is 13.2. The Kier molecular flexibility index (Phi) is 7.50. The van der Waals surface area contributed by atoms with Gasteiger partial charge in [0.2, 0.25) is 0 Å². The summed E-state index contributed by atoms with van der Waals surface area (Å²) in [5.41, 5.74) is 3.91. The molecule has 3 aromatic rings. The summed E-state index contributed by atoms with van der Waals surface area (Å²) in [6.07, 6.45) is 0. The van der Waals surface area contributed by atoms with Crippen molar-refractivity contribution in [2.45, 2.75) is 26.5 Å². The van der Waals surface area contributed by atoms with Crippen LogP contribution in [0.1, 0.15) is 33.9 Å². The SMILES string of the molecule is COCCN1C(=O)C(=O)/C(=C(\O)c2ccc(C)c(C)c2)C1c1cccc(OCc2ccc(F)cc2)c1. The Labute approximate surface area is 209 Å². The van der Waals surface area contributed by atoms with Crippen molar-refractivity contribution in [2.75, 3.05) is 20.3 Å². The molecule has 0 saturated carbocycles. The highest BCUT2D eigenvalue weighted by atomic mass is 19.1. The van der Waals surface area contributed by atoms with Crippen LogP contribution in [-0.4, -0.2) is 42.0 Å². The number of likely N-dealkylation sites (tertiary alicyclic amines) is 1. The summed E-state index contributed by atoms with van der Waals surface area (Å²) in [6.45, 7) is 4.50. The van der Waals surface area contributed by atoms with Gasteiger partial charge in [0.25, 0.3) is 11.7 Å². The molecule has 0 radical (unpaired) electrons. The molecule has 1 aliphatic rings. The van der Waals surface area contributed by atoms with Crippen LogP contribution in [0, 0.1) is 19.7 Å². The molecule has 0 bridgehead atoms. The predicted molar refractivity (Wildman–Crippen MR) is 134 cm³/mol. The van der Waals surface area contributed by atoms with Crippen LogP contribution in [0.25, 0.3) is 5.76 Å². The second-order valence-electron chi connectivity index (χ2n) is 8.77. The summed E-state index contributed by atoms with van der Waals surface area (Å²) in [7, 11) is 1.52. The number of aliphatic hydroxyl groups is 1. The quantitative estimate of drug-likeness (QED) is 0.271. The van der Waals surface area contributed by atoms with Crippen molar-refractivity contribution in [2.24, 2.45) is 0 Å². The van der Waals surface area contributed by atoms with E-state index in [9.17, 15) is 19.1 Å². The molecule has 36 heavy (non-hydrogen) atoms. The number of carbonyl (C=O) groups is 2. The Morgan fingerprint density at radius 2 is 1.75 bits per heavy atom. The number of hydrogen-bond donors (Lipinski definition) is 1. The Balaban J connectivity index is 1.73. The van der Waals surface area contributed by atoms with Crippen molar-refractivity contribution in [3.63, 3.8) is 0 Å². The molecule has 4 rings (SSSR count). The molecule has 3 aromatic carbocycles. The molecule has 0 aliphatic carbocycles. The van der Waals surface area contributed by atoms with Crippen LogP contribution < -0.4 is 4.74 Å². The molecule has 1 unspecified atom stereocenters. The van der Waals surface area contributed by atoms with Crippen LogP contribution in [0.4, 0.5) is 4.39 Å². The lowest BCUT2D eigenvalue weighted by Gasteiger charge is -2.25. The van der Waals surface area contributed by atoms with E-state index in [0.29, 0.717) is 16.9 Å². The molecule has 1 N–H and O–H groups in total. The van der Waals surface area contributed by atoms with Crippen molar-refractivity contribution in [3.8, 4) is 5.75 Å². The molecular weight excluding hydrogens is 461 g/mol. The minimum atomic E-state index is -0.809. The summed E-state index contributed by atoms with van der Waals surface area (Å²) in [5, 5.41) is 11.2. The zero-order chi connectivity index (χ0) is 25.8. The number of aliphatic hydroxyl groups excluding tert-OH is 1. The third-order valence-corrected chi connectivity index (χ3v) is 6.35. The Morgan fingerprint density at radius 1 is 1.00 bits per heavy atom. The molecule has 0 spiro atoms. The molecule has 1 aliphatic heterocycles. The summed E-state index contributed by atoms with van der Waals surface area (Å²) >= 11 is 0. The topological polar surface area (TPSA) is 76.1 Å². The van der Waals surface area contributed by atoms with Crippen LogP contribution in [-0.2, 0) is 20.9 Å². The Morgan fingerprint density at radius 3 is 2.44 bits per heavy atom. The molecule has 1 heterocycles. The molecule has 0 aromatic heterocycles. The van der Waals surface area contributed by atoms with Gasteiger partial charge in [0.15, 0.2) is 0 Å². The smallest absolute Gasteiger partial charge is 0.295 e. The number of hydrogen-bond acceptors (Lipinski definition) is 5. The van der Waals surface area contributed by atoms with Gasteiger partial charge in [0, 0.05) is 19.2 Å². The normalized spacial score (nSPS) is 17.0. The van der Waals surface area contributed by atoms with Crippen molar-refractivity contribution >= 4 is 17.4 Å². The summed E-state index contributed by atoms with van der Waals surface area (Å²) in [5.74, 6) is -1.47. The highest BCUT2D eigenvalue weighted by Gasteiger charge is 2.46. The Bertz CT molecular complexity index is 1320. The van der Waals surface area contributed by atoms with Crippen LogP contribution >= 0.6 is 0 Å². The standard InChI is InChI=1S/C29H28FNO5/c1-18-7-10-22(15-19(18)2)27(32)25-26(31(13-14-35-3)29(34)28(25)33)21-5-4-6-24(16-21)36-17-20-8-11-23(30)12-9-20/h4-12,15-16,26,32H,13-14,17H2,1-3H3/b27-25-. The van der Waals surface area contributed by atoms with Gasteiger partial charge in [0.05, 0.1) is 18.2 Å². The number of amides is 1. The first kappa shape index (κ1) is 25.1. The molecule has 7 heteroatoms. The molecule has 186 valence electrons. The number of nitrogens with zero attached hydrogens (tertiary/aromatic N) is 1. The van der Waals surface area contributed by atoms with Crippen LogP contribution in [0.15, 0.2) is 72.3 Å².